The summed E-state index contributed by atoms with van der Waals surface area (Å²) >= 11 is 0. The molecule has 3 aliphatic heterocycles. The predicted octanol–water partition coefficient (Wildman–Crippen LogP) is -4.26. The molecule has 0 bridgehead atoms. The Morgan fingerprint density at radius 1 is 0.585 bits per heavy atom. The topological polar surface area (TPSA) is 339 Å². The number of fused-ring (bicyclic) bond motifs is 1. The van der Waals surface area contributed by atoms with E-state index in [1.165, 1.54) is 24.3 Å². The predicted molar refractivity (Wildman–Crippen MR) is 171 cm³/mol. The van der Waals surface area contributed by atoms with Gasteiger partial charge in [-0.15, -0.1) is 0 Å². The second kappa shape index (κ2) is 15.7. The lowest BCUT2D eigenvalue weighted by Crippen LogP contribution is -2.62. The highest BCUT2D eigenvalue weighted by Crippen LogP contribution is 2.44. The number of phenols is 3. The molecule has 0 spiro atoms. The third-order valence-electron chi connectivity index (χ3n) is 9.51. The van der Waals surface area contributed by atoms with Gasteiger partial charge in [0.15, 0.2) is 23.6 Å². The first-order valence-electron chi connectivity index (χ1n) is 16.4. The van der Waals surface area contributed by atoms with E-state index < -0.39 is 145 Å². The minimum Gasteiger partial charge on any atom is -0.508 e. The highest BCUT2D eigenvalue weighted by atomic mass is 16.7. The van der Waals surface area contributed by atoms with Crippen LogP contribution in [0.2, 0.25) is 0 Å². The van der Waals surface area contributed by atoms with E-state index in [9.17, 15) is 71.2 Å². The summed E-state index contributed by atoms with van der Waals surface area (Å²) in [5, 5.41) is 135. The van der Waals surface area contributed by atoms with E-state index in [1.807, 2.05) is 0 Å². The molecule has 0 saturated carbocycles. The fourth-order valence-corrected chi connectivity index (χ4v) is 6.47. The minimum absolute atomic E-state index is 0.0752. The lowest BCUT2D eigenvalue weighted by molar-refractivity contribution is -0.336. The molecule has 6 rings (SSSR count). The van der Waals surface area contributed by atoms with E-state index in [4.69, 9.17) is 28.1 Å². The molecule has 0 radical (unpaired) electrons. The molecule has 0 amide bonds. The third kappa shape index (κ3) is 7.45. The highest BCUT2D eigenvalue weighted by Gasteiger charge is 2.50. The van der Waals surface area contributed by atoms with Gasteiger partial charge in [0.25, 0.3) is 0 Å². The molecule has 0 aliphatic carbocycles. The molecule has 3 aliphatic rings. The van der Waals surface area contributed by atoms with Crippen LogP contribution in [0.3, 0.4) is 0 Å². The molecule has 15 atom stereocenters. The van der Waals surface area contributed by atoms with Crippen LogP contribution in [-0.4, -0.2) is 172 Å². The van der Waals surface area contributed by atoms with Crippen molar-refractivity contribution in [1.29, 1.82) is 0 Å². The van der Waals surface area contributed by atoms with Gasteiger partial charge in [-0.05, 0) is 24.3 Å². The van der Waals surface area contributed by atoms with Crippen LogP contribution in [0.4, 0.5) is 0 Å². The average molecular weight is 757 g/mol. The number of aliphatic hydroxyl groups is 10. The van der Waals surface area contributed by atoms with E-state index >= 15 is 0 Å². The van der Waals surface area contributed by atoms with Crippen molar-refractivity contribution in [1.82, 2.24) is 0 Å². The Kier molecular flexibility index (Phi) is 11.6. The maximum absolute atomic E-state index is 13.2. The molecule has 1 aromatic heterocycles. The Labute approximate surface area is 298 Å². The Morgan fingerprint density at radius 2 is 1.09 bits per heavy atom. The molecule has 3 aromatic rings. The minimum atomic E-state index is -1.98. The first-order chi connectivity index (χ1) is 25.1. The van der Waals surface area contributed by atoms with Gasteiger partial charge in [-0.2, -0.15) is 0 Å². The van der Waals surface area contributed by atoms with Crippen molar-refractivity contribution < 1.29 is 94.5 Å². The van der Waals surface area contributed by atoms with E-state index in [2.05, 4.69) is 0 Å². The van der Waals surface area contributed by atoms with Crippen molar-refractivity contribution in [3.05, 3.63) is 52.2 Å². The zero-order chi connectivity index (χ0) is 38.5. The molecule has 4 heterocycles. The highest BCUT2D eigenvalue weighted by molar-refractivity contribution is 5.89. The Balaban J connectivity index is 1.21. The molecule has 13 N–H and O–H groups in total. The zero-order valence-electron chi connectivity index (χ0n) is 27.4. The number of ether oxygens (including phenoxy) is 5. The van der Waals surface area contributed by atoms with Crippen molar-refractivity contribution in [2.75, 3.05) is 19.8 Å². The van der Waals surface area contributed by atoms with Crippen LogP contribution in [0.15, 0.2) is 45.6 Å². The summed E-state index contributed by atoms with van der Waals surface area (Å²) in [6, 6.07) is 7.32. The smallest absolute Gasteiger partial charge is 0.197 e. The van der Waals surface area contributed by atoms with Crippen molar-refractivity contribution >= 4 is 11.0 Å². The van der Waals surface area contributed by atoms with E-state index in [-0.39, 0.29) is 11.5 Å². The van der Waals surface area contributed by atoms with Gasteiger partial charge < -0.3 is 94.5 Å². The molecule has 53 heavy (non-hydrogen) atoms. The summed E-state index contributed by atoms with van der Waals surface area (Å²) in [7, 11) is 0. The van der Waals surface area contributed by atoms with Gasteiger partial charge in [-0.25, -0.2) is 0 Å². The lowest BCUT2D eigenvalue weighted by atomic mass is 9.89. The summed E-state index contributed by atoms with van der Waals surface area (Å²) in [6.07, 6.45) is -26.3. The number of rotatable bonds is 9. The summed E-state index contributed by atoms with van der Waals surface area (Å²) in [5.74, 6) is -1.58. The standard InChI is InChI=1S/C33H40O20/c34-7-16-21(39)25(43)28(46)32(52-16)49-9-18-23(41)26(44)29(47)33(53-18)48-8-17-22(40)24(42)27(45)31(51-17)20-13(37)5-12(36)19-14(38)6-15(50-30(19)20)10-1-3-11(35)4-2-10/h1-6,16-18,21-29,31-37,39-47H,7-9H2/t16-,17-,18+,21-,22+,23+,24-,25-,26-,27-,28+,29+,31-,32+,33+/m0/s1. The quantitative estimate of drug-likeness (QED) is 0.0983. The lowest BCUT2D eigenvalue weighted by Gasteiger charge is -2.44. The van der Waals surface area contributed by atoms with Crippen LogP contribution in [0.5, 0.6) is 17.2 Å². The number of hydrogen-bond donors (Lipinski definition) is 13. The number of benzene rings is 2. The molecule has 3 saturated heterocycles. The molecule has 0 unspecified atom stereocenters. The van der Waals surface area contributed by atoms with Crippen molar-refractivity contribution in [2.45, 2.75) is 91.9 Å². The number of aliphatic hydroxyl groups excluding tert-OH is 10. The van der Waals surface area contributed by atoms with Gasteiger partial charge in [-0.1, -0.05) is 0 Å². The first kappa shape index (κ1) is 39.2. The Bertz CT molecular complexity index is 1780. The van der Waals surface area contributed by atoms with Crippen molar-refractivity contribution in [3.8, 4) is 28.6 Å². The molecule has 292 valence electrons. The van der Waals surface area contributed by atoms with Gasteiger partial charge in [0, 0.05) is 17.7 Å². The number of phenolic OH excluding ortho intramolecular Hbond substituents is 3. The molecule has 3 fully saturated rings. The van der Waals surface area contributed by atoms with E-state index in [0.717, 1.165) is 12.1 Å². The fourth-order valence-electron chi connectivity index (χ4n) is 6.47. The summed E-state index contributed by atoms with van der Waals surface area (Å²) in [5.41, 5.74) is -1.32. The van der Waals surface area contributed by atoms with Crippen LogP contribution in [-0.2, 0) is 23.7 Å². The summed E-state index contributed by atoms with van der Waals surface area (Å²) in [4.78, 5) is 13.2. The second-order valence-corrected chi connectivity index (χ2v) is 13.0. The fraction of sp³-hybridized carbons (Fsp3) is 0.545. The van der Waals surface area contributed by atoms with Crippen LogP contribution in [0, 0.1) is 0 Å². The summed E-state index contributed by atoms with van der Waals surface area (Å²) < 4.78 is 33.6. The largest absolute Gasteiger partial charge is 0.508 e. The van der Waals surface area contributed by atoms with Crippen LogP contribution in [0.1, 0.15) is 11.7 Å². The maximum Gasteiger partial charge on any atom is 0.197 e. The maximum atomic E-state index is 13.2. The van der Waals surface area contributed by atoms with Crippen LogP contribution >= 0.6 is 0 Å². The van der Waals surface area contributed by atoms with Gasteiger partial charge in [0.1, 0.15) is 108 Å². The first-order valence-corrected chi connectivity index (χ1v) is 16.4. The number of aromatic hydroxyl groups is 3. The van der Waals surface area contributed by atoms with Gasteiger partial charge in [-0.3, -0.25) is 4.79 Å². The number of hydrogen-bond acceptors (Lipinski definition) is 20. The van der Waals surface area contributed by atoms with Crippen molar-refractivity contribution in [3.63, 3.8) is 0 Å². The summed E-state index contributed by atoms with van der Waals surface area (Å²) in [6.45, 7) is -2.15. The van der Waals surface area contributed by atoms with Crippen LogP contribution in [0.25, 0.3) is 22.3 Å². The Morgan fingerprint density at radius 3 is 1.66 bits per heavy atom. The SMILES string of the molecule is O=c1cc(-c2ccc(O)cc2)oc2c([C@@H]3O[C@@H](CO[C@@H]4O[C@H](CO[C@@H]5O[C@@H](CO)[C@H](O)[C@H](O)[C@H]5O)[C@@H](O)[C@H](O)[C@H]4O)[C@@H](O)[C@H](O)[C@@H]3O)c(O)cc(O)c12. The van der Waals surface area contributed by atoms with Gasteiger partial charge >= 0.3 is 0 Å². The van der Waals surface area contributed by atoms with Gasteiger partial charge in [0.05, 0.1) is 25.4 Å². The normalized spacial score (nSPS) is 37.9. The zero-order valence-corrected chi connectivity index (χ0v) is 27.4. The molecule has 2 aromatic carbocycles. The van der Waals surface area contributed by atoms with Gasteiger partial charge in [0.2, 0.25) is 0 Å². The monoisotopic (exact) mass is 756 g/mol. The average Bonchev–Trinajstić information content (AvgIpc) is 3.13. The second-order valence-electron chi connectivity index (χ2n) is 13.0. The van der Waals surface area contributed by atoms with Crippen molar-refractivity contribution in [2.24, 2.45) is 0 Å². The molecule has 20 nitrogen and oxygen atoms in total. The third-order valence-corrected chi connectivity index (χ3v) is 9.51. The van der Waals surface area contributed by atoms with E-state index in [0.29, 0.717) is 5.56 Å². The van der Waals surface area contributed by atoms with Crippen LogP contribution < -0.4 is 5.43 Å². The van der Waals surface area contributed by atoms with E-state index in [1.54, 1.807) is 0 Å². The molecular formula is C33H40O20. The molecule has 20 heteroatoms. The molecular weight excluding hydrogens is 716 g/mol. The Hall–Kier alpha value is -3.55.